The maximum Gasteiger partial charge on any atom is 0.410 e. The van der Waals surface area contributed by atoms with E-state index >= 15 is 0 Å². The van der Waals surface area contributed by atoms with Crippen molar-refractivity contribution < 1.29 is 18.7 Å². The van der Waals surface area contributed by atoms with Crippen LogP contribution in [0.3, 0.4) is 0 Å². The minimum atomic E-state index is -3.66. The SMILES string of the molecule is C=C(C)C1CCC(C)=CC1c1c(O)cc(CCCCC)cc1OP(=O)(OCC)c1ccccc1. The normalized spacial score (nSPS) is 19.8. The van der Waals surface area contributed by atoms with Gasteiger partial charge in [0.1, 0.15) is 11.5 Å². The zero-order chi connectivity index (χ0) is 24.7. The molecule has 0 saturated heterocycles. The third kappa shape index (κ3) is 6.23. The maximum atomic E-state index is 14.0. The Bertz CT molecular complexity index is 1060. The quantitative estimate of drug-likeness (QED) is 0.200. The summed E-state index contributed by atoms with van der Waals surface area (Å²) in [5, 5.41) is 11.8. The fourth-order valence-electron chi connectivity index (χ4n) is 4.77. The van der Waals surface area contributed by atoms with Crippen molar-refractivity contribution in [2.75, 3.05) is 6.61 Å². The van der Waals surface area contributed by atoms with Gasteiger partial charge in [0.25, 0.3) is 0 Å². The molecule has 0 amide bonds. The first-order valence-electron chi connectivity index (χ1n) is 12.5. The highest BCUT2D eigenvalue weighted by atomic mass is 31.2. The van der Waals surface area contributed by atoms with Gasteiger partial charge < -0.3 is 9.63 Å². The molecule has 3 rings (SSSR count). The minimum absolute atomic E-state index is 0.100. The standard InChI is InChI=1S/C29H39O4P/c1-6-8-10-13-23-19-27(30)29(26-18-22(5)16-17-25(26)21(3)4)28(20-23)33-34(31,32-7-2)24-14-11-9-12-15-24/h9,11-12,14-15,18-20,25-26,30H,3,6-8,10,13,16-17H2,1-2,4-5H3. The van der Waals surface area contributed by atoms with Crippen LogP contribution >= 0.6 is 7.60 Å². The molecule has 1 N–H and O–H groups in total. The van der Waals surface area contributed by atoms with Gasteiger partial charge in [0.05, 0.1) is 11.9 Å². The lowest BCUT2D eigenvalue weighted by atomic mass is 9.73. The predicted octanol–water partition coefficient (Wildman–Crippen LogP) is 8.07. The molecule has 4 nitrogen and oxygen atoms in total. The van der Waals surface area contributed by atoms with E-state index in [4.69, 9.17) is 9.05 Å². The summed E-state index contributed by atoms with van der Waals surface area (Å²) in [4.78, 5) is 0. The summed E-state index contributed by atoms with van der Waals surface area (Å²) < 4.78 is 26.1. The zero-order valence-corrected chi connectivity index (χ0v) is 21.9. The van der Waals surface area contributed by atoms with Gasteiger partial charge in [0.15, 0.2) is 0 Å². The lowest BCUT2D eigenvalue weighted by Gasteiger charge is -2.33. The van der Waals surface area contributed by atoms with Crippen molar-refractivity contribution in [3.63, 3.8) is 0 Å². The van der Waals surface area contributed by atoms with E-state index in [1.807, 2.05) is 44.2 Å². The van der Waals surface area contributed by atoms with E-state index in [2.05, 4.69) is 26.5 Å². The molecule has 0 aromatic heterocycles. The van der Waals surface area contributed by atoms with Crippen LogP contribution in [0.25, 0.3) is 0 Å². The lowest BCUT2D eigenvalue weighted by molar-refractivity contribution is 0.287. The van der Waals surface area contributed by atoms with Gasteiger partial charge in [0.2, 0.25) is 0 Å². The van der Waals surface area contributed by atoms with Gasteiger partial charge in [-0.1, -0.05) is 61.8 Å². The summed E-state index contributed by atoms with van der Waals surface area (Å²) in [5.41, 5.74) is 3.99. The van der Waals surface area contributed by atoms with E-state index in [1.165, 1.54) is 5.57 Å². The molecule has 0 spiro atoms. The van der Waals surface area contributed by atoms with Crippen LogP contribution in [0.15, 0.2) is 66.3 Å². The van der Waals surface area contributed by atoms with Crippen LogP contribution in [0.5, 0.6) is 11.5 Å². The summed E-state index contributed by atoms with van der Waals surface area (Å²) >= 11 is 0. The van der Waals surface area contributed by atoms with Crippen molar-refractivity contribution in [2.45, 2.75) is 72.1 Å². The van der Waals surface area contributed by atoms with E-state index in [-0.39, 0.29) is 24.2 Å². The average Bonchev–Trinajstić information content (AvgIpc) is 2.79. The number of phenols is 1. The Kier molecular flexibility index (Phi) is 9.22. The third-order valence-electron chi connectivity index (χ3n) is 6.55. The van der Waals surface area contributed by atoms with Crippen molar-refractivity contribution in [3.05, 3.63) is 77.4 Å². The van der Waals surface area contributed by atoms with Crippen molar-refractivity contribution in [2.24, 2.45) is 5.92 Å². The number of benzene rings is 2. The summed E-state index contributed by atoms with van der Waals surface area (Å²) in [6, 6.07) is 12.9. The summed E-state index contributed by atoms with van der Waals surface area (Å²) in [5.74, 6) is 0.694. The average molecular weight is 483 g/mol. The molecule has 34 heavy (non-hydrogen) atoms. The number of phenolic OH excluding ortho intramolecular Hbond substituents is 1. The van der Waals surface area contributed by atoms with E-state index in [0.29, 0.717) is 16.6 Å². The van der Waals surface area contributed by atoms with Gasteiger partial charge in [-0.3, -0.25) is 4.52 Å². The highest BCUT2D eigenvalue weighted by Gasteiger charge is 2.35. The monoisotopic (exact) mass is 482 g/mol. The summed E-state index contributed by atoms with van der Waals surface area (Å²) in [7, 11) is -3.66. The molecule has 1 aliphatic carbocycles. The molecule has 3 unspecified atom stereocenters. The number of hydrogen-bond acceptors (Lipinski definition) is 4. The molecule has 0 radical (unpaired) electrons. The number of aromatic hydroxyl groups is 1. The Morgan fingerprint density at radius 1 is 1.18 bits per heavy atom. The number of hydrogen-bond donors (Lipinski definition) is 1. The molecule has 0 aliphatic heterocycles. The van der Waals surface area contributed by atoms with Crippen molar-refractivity contribution in [1.82, 2.24) is 0 Å². The Labute approximate surface area is 205 Å². The van der Waals surface area contributed by atoms with Gasteiger partial charge in [-0.15, -0.1) is 0 Å². The molecular formula is C29H39O4P. The fourth-order valence-corrected chi connectivity index (χ4v) is 6.37. The second-order valence-corrected chi connectivity index (χ2v) is 11.3. The third-order valence-corrected chi connectivity index (χ3v) is 8.52. The smallest absolute Gasteiger partial charge is 0.410 e. The second-order valence-electron chi connectivity index (χ2n) is 9.36. The highest BCUT2D eigenvalue weighted by Crippen LogP contribution is 2.53. The molecule has 0 heterocycles. The van der Waals surface area contributed by atoms with E-state index in [1.54, 1.807) is 12.1 Å². The van der Waals surface area contributed by atoms with Crippen LogP contribution < -0.4 is 9.83 Å². The fraction of sp³-hybridized carbons (Fsp3) is 0.448. The van der Waals surface area contributed by atoms with Crippen molar-refractivity contribution >= 4 is 12.9 Å². The molecule has 1 aliphatic rings. The molecule has 0 saturated carbocycles. The van der Waals surface area contributed by atoms with Crippen LogP contribution in [0, 0.1) is 5.92 Å². The molecule has 0 fully saturated rings. The van der Waals surface area contributed by atoms with E-state index < -0.39 is 7.60 Å². The number of allylic oxidation sites excluding steroid dienone is 3. The molecule has 184 valence electrons. The largest absolute Gasteiger partial charge is 0.507 e. The Morgan fingerprint density at radius 2 is 1.91 bits per heavy atom. The van der Waals surface area contributed by atoms with Crippen molar-refractivity contribution in [1.29, 1.82) is 0 Å². The lowest BCUT2D eigenvalue weighted by Crippen LogP contribution is -2.19. The first kappa shape index (κ1) is 26.3. The van der Waals surface area contributed by atoms with E-state index in [0.717, 1.165) is 49.7 Å². The zero-order valence-electron chi connectivity index (χ0n) is 21.0. The molecular weight excluding hydrogens is 443 g/mol. The van der Waals surface area contributed by atoms with Gasteiger partial charge in [-0.2, -0.15) is 0 Å². The van der Waals surface area contributed by atoms with E-state index in [9.17, 15) is 9.67 Å². The molecule has 3 atom stereocenters. The van der Waals surface area contributed by atoms with Gasteiger partial charge in [-0.25, -0.2) is 4.57 Å². The molecule has 2 aromatic rings. The van der Waals surface area contributed by atoms with Gasteiger partial charge in [-0.05, 0) is 82.2 Å². The van der Waals surface area contributed by atoms with Crippen LogP contribution in [-0.2, 0) is 15.5 Å². The van der Waals surface area contributed by atoms with Crippen LogP contribution in [0.4, 0.5) is 0 Å². The molecule has 2 aromatic carbocycles. The molecule has 5 heteroatoms. The molecule has 0 bridgehead atoms. The number of unbranched alkanes of at least 4 members (excludes halogenated alkanes) is 2. The first-order valence-corrected chi connectivity index (χ1v) is 14.0. The number of aryl methyl sites for hydroxylation is 1. The maximum absolute atomic E-state index is 14.0. The van der Waals surface area contributed by atoms with Crippen molar-refractivity contribution in [3.8, 4) is 11.5 Å². The van der Waals surface area contributed by atoms with Gasteiger partial charge >= 0.3 is 7.60 Å². The van der Waals surface area contributed by atoms with Gasteiger partial charge in [0, 0.05) is 11.5 Å². The second kappa shape index (κ2) is 11.9. The predicted molar refractivity (Wildman–Crippen MR) is 141 cm³/mol. The minimum Gasteiger partial charge on any atom is -0.507 e. The summed E-state index contributed by atoms with van der Waals surface area (Å²) in [6.07, 6.45) is 8.24. The Morgan fingerprint density at radius 3 is 2.56 bits per heavy atom. The highest BCUT2D eigenvalue weighted by molar-refractivity contribution is 7.62. The number of rotatable bonds is 11. The van der Waals surface area contributed by atoms with Crippen LogP contribution in [-0.4, -0.2) is 11.7 Å². The summed E-state index contributed by atoms with van der Waals surface area (Å²) in [6.45, 7) is 12.6. The Balaban J connectivity index is 2.14. The Hall–Kier alpha value is -2.29. The first-order chi connectivity index (χ1) is 16.3. The van der Waals surface area contributed by atoms with Crippen LogP contribution in [0.2, 0.25) is 0 Å². The van der Waals surface area contributed by atoms with Crippen LogP contribution in [0.1, 0.15) is 76.8 Å². The topological polar surface area (TPSA) is 55.8 Å².